The first-order valence-electron chi connectivity index (χ1n) is 10.4. The minimum atomic E-state index is -0.201. The van der Waals surface area contributed by atoms with Crippen molar-refractivity contribution in [3.05, 3.63) is 70.1 Å². The summed E-state index contributed by atoms with van der Waals surface area (Å²) in [6, 6.07) is 10.8. The fraction of sp³-hybridized carbons (Fsp3) is 0.304. The van der Waals surface area contributed by atoms with Crippen LogP contribution in [0.25, 0.3) is 5.82 Å². The highest BCUT2D eigenvalue weighted by Gasteiger charge is 2.25. The van der Waals surface area contributed by atoms with Gasteiger partial charge in [-0.3, -0.25) is 4.79 Å². The van der Waals surface area contributed by atoms with Crippen molar-refractivity contribution in [2.45, 2.75) is 20.8 Å². The van der Waals surface area contributed by atoms with Crippen molar-refractivity contribution in [2.24, 2.45) is 0 Å². The standard InChI is InChI=1S/C23H25ClN6O2/c1-15-4-6-19(13-20(15)24)26-23(32)29-10-8-28(9-11-29)22(31)18-5-7-21(25-14-18)30-17(3)12-16(2)27-30/h4-7,12-14H,8-11H2,1-3H3,(H,26,32). The molecule has 4 rings (SSSR count). The lowest BCUT2D eigenvalue weighted by atomic mass is 10.2. The largest absolute Gasteiger partial charge is 0.335 e. The zero-order valence-corrected chi connectivity index (χ0v) is 19.1. The van der Waals surface area contributed by atoms with Gasteiger partial charge in [-0.15, -0.1) is 0 Å². The number of anilines is 1. The number of pyridine rings is 1. The maximum Gasteiger partial charge on any atom is 0.321 e. The van der Waals surface area contributed by atoms with Crippen LogP contribution in [-0.4, -0.2) is 62.7 Å². The highest BCUT2D eigenvalue weighted by Crippen LogP contribution is 2.20. The highest BCUT2D eigenvalue weighted by atomic mass is 35.5. The third kappa shape index (κ3) is 4.60. The Balaban J connectivity index is 1.34. The number of piperazine rings is 1. The molecule has 166 valence electrons. The predicted molar refractivity (Wildman–Crippen MR) is 124 cm³/mol. The number of hydrogen-bond donors (Lipinski definition) is 1. The van der Waals surface area contributed by atoms with E-state index in [1.807, 2.05) is 39.0 Å². The Kier molecular flexibility index (Phi) is 6.14. The molecule has 0 radical (unpaired) electrons. The molecule has 1 aromatic carbocycles. The molecule has 1 N–H and O–H groups in total. The number of amides is 3. The fourth-order valence-corrected chi connectivity index (χ4v) is 3.85. The molecule has 1 aliphatic heterocycles. The van der Waals surface area contributed by atoms with E-state index in [2.05, 4.69) is 15.4 Å². The van der Waals surface area contributed by atoms with Crippen LogP contribution in [0.1, 0.15) is 27.3 Å². The normalized spacial score (nSPS) is 13.9. The summed E-state index contributed by atoms with van der Waals surface area (Å²) in [5.41, 5.74) is 4.02. The van der Waals surface area contributed by atoms with Crippen LogP contribution in [0.2, 0.25) is 5.02 Å². The maximum atomic E-state index is 12.9. The number of rotatable bonds is 3. The molecular weight excluding hydrogens is 428 g/mol. The highest BCUT2D eigenvalue weighted by molar-refractivity contribution is 6.31. The summed E-state index contributed by atoms with van der Waals surface area (Å²) in [6.45, 7) is 7.62. The smallest absolute Gasteiger partial charge is 0.321 e. The number of aryl methyl sites for hydroxylation is 3. The minimum absolute atomic E-state index is 0.0946. The Hall–Kier alpha value is -3.39. The molecule has 0 unspecified atom stereocenters. The number of benzene rings is 1. The Morgan fingerprint density at radius 2 is 1.69 bits per heavy atom. The van der Waals surface area contributed by atoms with Gasteiger partial charge in [0.05, 0.1) is 11.3 Å². The van der Waals surface area contributed by atoms with Gasteiger partial charge < -0.3 is 15.1 Å². The van der Waals surface area contributed by atoms with Crippen LogP contribution in [0.15, 0.2) is 42.6 Å². The maximum absolute atomic E-state index is 12.9. The summed E-state index contributed by atoms with van der Waals surface area (Å²) < 4.78 is 1.75. The summed E-state index contributed by atoms with van der Waals surface area (Å²) >= 11 is 6.13. The molecule has 1 aliphatic rings. The van der Waals surface area contributed by atoms with Crippen molar-refractivity contribution >= 4 is 29.2 Å². The van der Waals surface area contributed by atoms with Crippen molar-refractivity contribution < 1.29 is 9.59 Å². The van der Waals surface area contributed by atoms with Crippen LogP contribution >= 0.6 is 11.6 Å². The Morgan fingerprint density at radius 1 is 0.969 bits per heavy atom. The van der Waals surface area contributed by atoms with E-state index in [1.165, 1.54) is 0 Å². The second-order valence-corrected chi connectivity index (χ2v) is 8.32. The van der Waals surface area contributed by atoms with Gasteiger partial charge in [-0.05, 0) is 56.7 Å². The van der Waals surface area contributed by atoms with E-state index in [1.54, 1.807) is 38.9 Å². The summed E-state index contributed by atoms with van der Waals surface area (Å²) in [7, 11) is 0. The zero-order chi connectivity index (χ0) is 22.8. The topological polar surface area (TPSA) is 83.4 Å². The molecule has 32 heavy (non-hydrogen) atoms. The van der Waals surface area contributed by atoms with E-state index >= 15 is 0 Å². The third-order valence-electron chi connectivity index (χ3n) is 5.50. The average molecular weight is 453 g/mol. The number of halogens is 1. The lowest BCUT2D eigenvalue weighted by Crippen LogP contribution is -2.51. The molecule has 1 fully saturated rings. The van der Waals surface area contributed by atoms with Crippen molar-refractivity contribution in [3.63, 3.8) is 0 Å². The molecule has 1 saturated heterocycles. The molecule has 3 heterocycles. The monoisotopic (exact) mass is 452 g/mol. The van der Waals surface area contributed by atoms with E-state index < -0.39 is 0 Å². The van der Waals surface area contributed by atoms with Gasteiger partial charge in [-0.1, -0.05) is 17.7 Å². The Labute approximate surface area is 191 Å². The first kappa shape index (κ1) is 21.8. The van der Waals surface area contributed by atoms with Gasteiger partial charge in [0.25, 0.3) is 5.91 Å². The summed E-state index contributed by atoms with van der Waals surface area (Å²) in [6.07, 6.45) is 1.58. The molecule has 0 bridgehead atoms. The molecule has 0 atom stereocenters. The van der Waals surface area contributed by atoms with Crippen LogP contribution < -0.4 is 5.32 Å². The van der Waals surface area contributed by atoms with Crippen molar-refractivity contribution in [2.75, 3.05) is 31.5 Å². The van der Waals surface area contributed by atoms with Crippen molar-refractivity contribution in [3.8, 4) is 5.82 Å². The van der Waals surface area contributed by atoms with E-state index in [9.17, 15) is 9.59 Å². The number of nitrogens with zero attached hydrogens (tertiary/aromatic N) is 5. The SMILES string of the molecule is Cc1cc(C)n(-c2ccc(C(=O)N3CCN(C(=O)Nc4ccc(C)c(Cl)c4)CC3)cn2)n1. The van der Waals surface area contributed by atoms with Crippen molar-refractivity contribution in [1.82, 2.24) is 24.6 Å². The molecule has 2 aromatic heterocycles. The number of nitrogens with one attached hydrogen (secondary N) is 1. The molecule has 0 saturated carbocycles. The van der Waals surface area contributed by atoms with Gasteiger partial charge in [-0.25, -0.2) is 14.5 Å². The van der Waals surface area contributed by atoms with E-state index in [0.29, 0.717) is 48.3 Å². The van der Waals surface area contributed by atoms with Gasteiger partial charge in [0, 0.05) is 48.8 Å². The minimum Gasteiger partial charge on any atom is -0.335 e. The van der Waals surface area contributed by atoms with Crippen molar-refractivity contribution in [1.29, 1.82) is 0 Å². The molecule has 0 aliphatic carbocycles. The first-order valence-corrected chi connectivity index (χ1v) is 10.8. The van der Waals surface area contributed by atoms with Gasteiger partial charge in [-0.2, -0.15) is 5.10 Å². The Morgan fingerprint density at radius 3 is 2.28 bits per heavy atom. The van der Waals surface area contributed by atoms with E-state index in [-0.39, 0.29) is 11.9 Å². The second-order valence-electron chi connectivity index (χ2n) is 7.92. The number of urea groups is 1. The number of carbonyl (C=O) groups is 2. The number of carbonyl (C=O) groups excluding carboxylic acids is 2. The summed E-state index contributed by atoms with van der Waals surface area (Å²) in [4.78, 5) is 33.3. The quantitative estimate of drug-likeness (QED) is 0.654. The Bertz CT molecular complexity index is 1150. The molecule has 9 heteroatoms. The molecule has 0 spiro atoms. The number of aromatic nitrogens is 3. The van der Waals surface area contributed by atoms with Gasteiger partial charge in [0.15, 0.2) is 5.82 Å². The van der Waals surface area contributed by atoms with Crippen LogP contribution in [0.5, 0.6) is 0 Å². The number of hydrogen-bond acceptors (Lipinski definition) is 4. The predicted octanol–water partition coefficient (Wildman–Crippen LogP) is 3.84. The van der Waals surface area contributed by atoms with Crippen LogP contribution in [-0.2, 0) is 0 Å². The molecule has 3 aromatic rings. The van der Waals surface area contributed by atoms with E-state index in [4.69, 9.17) is 11.6 Å². The van der Waals surface area contributed by atoms with Crippen LogP contribution in [0, 0.1) is 20.8 Å². The lowest BCUT2D eigenvalue weighted by molar-refractivity contribution is 0.0671. The van der Waals surface area contributed by atoms with Gasteiger partial charge in [0.2, 0.25) is 0 Å². The van der Waals surface area contributed by atoms with Crippen LogP contribution in [0.3, 0.4) is 0 Å². The van der Waals surface area contributed by atoms with Crippen LogP contribution in [0.4, 0.5) is 10.5 Å². The first-order chi connectivity index (χ1) is 15.3. The second kappa shape index (κ2) is 9.00. The van der Waals surface area contributed by atoms with Gasteiger partial charge in [0.1, 0.15) is 0 Å². The average Bonchev–Trinajstić information content (AvgIpc) is 3.14. The fourth-order valence-electron chi connectivity index (χ4n) is 3.67. The summed E-state index contributed by atoms with van der Waals surface area (Å²) in [5, 5.41) is 7.89. The molecular formula is C23H25ClN6O2. The summed E-state index contributed by atoms with van der Waals surface area (Å²) in [5.74, 6) is 0.577. The lowest BCUT2D eigenvalue weighted by Gasteiger charge is -2.34. The molecule has 8 nitrogen and oxygen atoms in total. The van der Waals surface area contributed by atoms with Gasteiger partial charge >= 0.3 is 6.03 Å². The zero-order valence-electron chi connectivity index (χ0n) is 18.3. The van der Waals surface area contributed by atoms with E-state index in [0.717, 1.165) is 17.0 Å². The molecule has 3 amide bonds. The third-order valence-corrected chi connectivity index (χ3v) is 5.91.